The van der Waals surface area contributed by atoms with Crippen LogP contribution >= 0.6 is 0 Å². The Morgan fingerprint density at radius 1 is 1.12 bits per heavy atom. The van der Waals surface area contributed by atoms with Crippen LogP contribution in [0.3, 0.4) is 0 Å². The maximum Gasteiger partial charge on any atom is 0.412 e. The fraction of sp³-hybridized carbons (Fsp3) is 0.379. The third-order valence-electron chi connectivity index (χ3n) is 7.16. The molecule has 1 aromatic heterocycles. The normalized spacial score (nSPS) is 13.9. The third-order valence-corrected chi connectivity index (χ3v) is 7.16. The molecule has 1 atom stereocenters. The molecule has 41 heavy (non-hydrogen) atoms. The molecule has 3 aromatic rings. The van der Waals surface area contributed by atoms with Gasteiger partial charge in [-0.3, -0.25) is 10.1 Å². The number of likely N-dealkylation sites (N-methyl/N-ethyl adjacent to an activating group) is 1. The highest BCUT2D eigenvalue weighted by Crippen LogP contribution is 2.18. The van der Waals surface area contributed by atoms with E-state index in [0.717, 1.165) is 13.1 Å². The van der Waals surface area contributed by atoms with E-state index in [0.29, 0.717) is 35.0 Å². The number of amides is 4. The number of hydrogen-bond donors (Lipinski definition) is 3. The maximum atomic E-state index is 13.9. The Morgan fingerprint density at radius 3 is 2.68 bits per heavy atom. The second-order valence-electron chi connectivity index (χ2n) is 9.90. The van der Waals surface area contributed by atoms with Gasteiger partial charge in [-0.15, -0.1) is 0 Å². The number of nitrogens with one attached hydrogen (secondary N) is 3. The Bertz CT molecular complexity index is 1400. The summed E-state index contributed by atoms with van der Waals surface area (Å²) in [7, 11) is 1.55. The first-order chi connectivity index (χ1) is 19.7. The molecule has 0 unspecified atom stereocenters. The topological polar surface area (TPSA) is 116 Å². The lowest BCUT2D eigenvalue weighted by atomic mass is 10.1. The van der Waals surface area contributed by atoms with Gasteiger partial charge in [-0.2, -0.15) is 0 Å². The second-order valence-corrected chi connectivity index (χ2v) is 9.90. The fourth-order valence-electron chi connectivity index (χ4n) is 4.55. The lowest BCUT2D eigenvalue weighted by molar-refractivity contribution is -0.132. The SMILES string of the molecule is Cc1c(F)cccc1CNC(=O)N(C)[C@@H](CCC(=O)N1CCNCC1)COC(=O)Nc1cc2cc(F)ccc2cn1. The van der Waals surface area contributed by atoms with Crippen LogP contribution in [-0.2, 0) is 16.1 Å². The van der Waals surface area contributed by atoms with Gasteiger partial charge in [-0.25, -0.2) is 23.4 Å². The predicted octanol–water partition coefficient (Wildman–Crippen LogP) is 3.79. The number of carbonyl (C=O) groups is 3. The molecule has 12 heteroatoms. The fourth-order valence-corrected chi connectivity index (χ4v) is 4.55. The summed E-state index contributed by atoms with van der Waals surface area (Å²) in [6.07, 6.45) is 1.12. The van der Waals surface area contributed by atoms with E-state index in [4.69, 9.17) is 4.74 Å². The number of halogens is 2. The van der Waals surface area contributed by atoms with Crippen LogP contribution in [0, 0.1) is 18.6 Å². The van der Waals surface area contributed by atoms with Crippen molar-refractivity contribution in [3.05, 3.63) is 71.4 Å². The molecule has 0 aliphatic carbocycles. The number of aromatic nitrogens is 1. The van der Waals surface area contributed by atoms with E-state index in [1.807, 2.05) is 0 Å². The third kappa shape index (κ3) is 8.10. The molecule has 0 saturated carbocycles. The van der Waals surface area contributed by atoms with E-state index >= 15 is 0 Å². The molecule has 1 fully saturated rings. The number of ether oxygens (including phenoxy) is 1. The van der Waals surface area contributed by atoms with Crippen molar-refractivity contribution < 1.29 is 27.9 Å². The molecule has 1 aliphatic heterocycles. The molecule has 218 valence electrons. The Kier molecular flexibility index (Phi) is 10.0. The van der Waals surface area contributed by atoms with Crippen molar-refractivity contribution in [3.63, 3.8) is 0 Å². The zero-order valence-corrected chi connectivity index (χ0v) is 23.1. The Hall–Kier alpha value is -4.32. The van der Waals surface area contributed by atoms with Gasteiger partial charge in [0.2, 0.25) is 5.91 Å². The smallest absolute Gasteiger partial charge is 0.412 e. The van der Waals surface area contributed by atoms with Gasteiger partial charge in [0.15, 0.2) is 0 Å². The molecular formula is C29H34F2N6O4. The molecule has 0 spiro atoms. The highest BCUT2D eigenvalue weighted by atomic mass is 19.1. The van der Waals surface area contributed by atoms with Gasteiger partial charge in [0, 0.05) is 57.8 Å². The summed E-state index contributed by atoms with van der Waals surface area (Å²) in [5.74, 6) is -0.642. The lowest BCUT2D eigenvalue weighted by Crippen LogP contribution is -2.48. The van der Waals surface area contributed by atoms with Crippen LogP contribution < -0.4 is 16.0 Å². The quantitative estimate of drug-likeness (QED) is 0.362. The van der Waals surface area contributed by atoms with E-state index in [9.17, 15) is 23.2 Å². The van der Waals surface area contributed by atoms with Gasteiger partial charge in [-0.1, -0.05) is 12.1 Å². The predicted molar refractivity (Wildman–Crippen MR) is 150 cm³/mol. The van der Waals surface area contributed by atoms with Crippen LogP contribution in [-0.4, -0.2) is 78.7 Å². The molecule has 3 N–H and O–H groups in total. The number of benzene rings is 2. The monoisotopic (exact) mass is 568 g/mol. The average molecular weight is 569 g/mol. The molecule has 4 amide bonds. The summed E-state index contributed by atoms with van der Waals surface area (Å²) in [5.41, 5.74) is 1.08. The van der Waals surface area contributed by atoms with Crippen molar-refractivity contribution in [2.24, 2.45) is 0 Å². The van der Waals surface area contributed by atoms with Crippen LogP contribution in [0.4, 0.5) is 24.2 Å². The summed E-state index contributed by atoms with van der Waals surface area (Å²) in [6.45, 7) is 4.20. The van der Waals surface area contributed by atoms with E-state index in [2.05, 4.69) is 20.9 Å². The maximum absolute atomic E-state index is 13.9. The molecular weight excluding hydrogens is 534 g/mol. The van der Waals surface area contributed by atoms with Gasteiger partial charge in [-0.05, 0) is 60.2 Å². The van der Waals surface area contributed by atoms with Crippen molar-refractivity contribution in [2.45, 2.75) is 32.4 Å². The molecule has 4 rings (SSSR count). The van der Waals surface area contributed by atoms with Gasteiger partial charge in [0.05, 0.1) is 6.04 Å². The first-order valence-electron chi connectivity index (χ1n) is 13.4. The van der Waals surface area contributed by atoms with Gasteiger partial charge < -0.3 is 25.2 Å². The molecule has 1 saturated heterocycles. The van der Waals surface area contributed by atoms with Crippen molar-refractivity contribution >= 4 is 34.6 Å². The highest BCUT2D eigenvalue weighted by molar-refractivity contribution is 5.89. The van der Waals surface area contributed by atoms with Crippen LogP contribution in [0.15, 0.2) is 48.7 Å². The lowest BCUT2D eigenvalue weighted by Gasteiger charge is -2.30. The number of urea groups is 1. The summed E-state index contributed by atoms with van der Waals surface area (Å²) in [6, 6.07) is 9.33. The summed E-state index contributed by atoms with van der Waals surface area (Å²) in [4.78, 5) is 45.7. The number of carbonyl (C=O) groups excluding carboxylic acids is 3. The van der Waals surface area contributed by atoms with Crippen LogP contribution in [0.5, 0.6) is 0 Å². The molecule has 0 bridgehead atoms. The van der Waals surface area contributed by atoms with E-state index in [-0.39, 0.29) is 43.5 Å². The number of pyridine rings is 1. The summed E-state index contributed by atoms with van der Waals surface area (Å²) in [5, 5.41) is 9.76. The van der Waals surface area contributed by atoms with Crippen molar-refractivity contribution in [2.75, 3.05) is 45.2 Å². The minimum atomic E-state index is -0.809. The molecule has 2 heterocycles. The first kappa shape index (κ1) is 29.7. The van der Waals surface area contributed by atoms with Gasteiger partial charge in [0.1, 0.15) is 24.1 Å². The standard InChI is InChI=1S/C29H34F2N6O4/c1-19-20(4-3-5-25(19)31)16-34-28(39)36(2)24(8-9-27(38)37-12-10-32-11-13-37)18-41-29(40)35-26-15-22-14-23(30)7-6-21(22)17-33-26/h3-7,14-15,17,24,32H,8-13,16,18H2,1-2H3,(H,34,39)(H,33,35,40)/t24-/m0/s1. The van der Waals surface area contributed by atoms with E-state index in [1.54, 1.807) is 37.1 Å². The Morgan fingerprint density at radius 2 is 1.90 bits per heavy atom. The number of rotatable bonds is 9. The number of nitrogens with zero attached hydrogens (tertiary/aromatic N) is 3. The first-order valence-corrected chi connectivity index (χ1v) is 13.4. The minimum absolute atomic E-state index is 0.0438. The molecule has 2 aromatic carbocycles. The summed E-state index contributed by atoms with van der Waals surface area (Å²) < 4.78 is 32.9. The number of fused-ring (bicyclic) bond motifs is 1. The van der Waals surface area contributed by atoms with Crippen molar-refractivity contribution in [1.29, 1.82) is 0 Å². The average Bonchev–Trinajstić information content (AvgIpc) is 2.97. The largest absolute Gasteiger partial charge is 0.447 e. The van der Waals surface area contributed by atoms with Crippen LogP contribution in [0.2, 0.25) is 0 Å². The van der Waals surface area contributed by atoms with Gasteiger partial charge >= 0.3 is 12.1 Å². The van der Waals surface area contributed by atoms with Crippen molar-refractivity contribution in [3.8, 4) is 0 Å². The Labute approximate surface area is 237 Å². The van der Waals surface area contributed by atoms with E-state index in [1.165, 1.54) is 35.4 Å². The molecule has 1 aliphatic rings. The zero-order valence-electron chi connectivity index (χ0n) is 23.1. The molecule has 10 nitrogen and oxygen atoms in total. The van der Waals surface area contributed by atoms with Gasteiger partial charge in [0.25, 0.3) is 0 Å². The molecule has 0 radical (unpaired) electrons. The summed E-state index contributed by atoms with van der Waals surface area (Å²) >= 11 is 0. The zero-order chi connectivity index (χ0) is 29.4. The minimum Gasteiger partial charge on any atom is -0.447 e. The van der Waals surface area contributed by atoms with Crippen molar-refractivity contribution in [1.82, 2.24) is 25.4 Å². The number of anilines is 1. The number of piperazine rings is 1. The number of hydrogen-bond acceptors (Lipinski definition) is 6. The second kappa shape index (κ2) is 13.8. The van der Waals surface area contributed by atoms with Crippen LogP contribution in [0.25, 0.3) is 10.8 Å². The van der Waals surface area contributed by atoms with Crippen LogP contribution in [0.1, 0.15) is 24.0 Å². The highest BCUT2D eigenvalue weighted by Gasteiger charge is 2.25. The Balaban J connectivity index is 1.38. The van der Waals surface area contributed by atoms with E-state index < -0.39 is 24.0 Å².